The third kappa shape index (κ3) is 5.50. The Morgan fingerprint density at radius 3 is 2.47 bits per heavy atom. The highest BCUT2D eigenvalue weighted by Crippen LogP contribution is 2.50. The Balaban J connectivity index is 1.31. The monoisotopic (exact) mass is 601 g/mol. The summed E-state index contributed by atoms with van der Waals surface area (Å²) < 4.78 is 6.25. The van der Waals surface area contributed by atoms with Crippen LogP contribution in [0.15, 0.2) is 51.9 Å². The second kappa shape index (κ2) is 10.8. The number of rotatable bonds is 7. The zero-order chi connectivity index (χ0) is 26.9. The molecule has 2 aliphatic heterocycles. The summed E-state index contributed by atoms with van der Waals surface area (Å²) >= 11 is 10.1. The van der Waals surface area contributed by atoms with Crippen molar-refractivity contribution in [2.24, 2.45) is 10.9 Å². The van der Waals surface area contributed by atoms with Gasteiger partial charge in [0, 0.05) is 34.5 Å². The number of nitrogens with zero attached hydrogens (tertiary/aromatic N) is 2. The fourth-order valence-corrected chi connectivity index (χ4v) is 6.41. The highest BCUT2D eigenvalue weighted by Gasteiger charge is 2.49. The van der Waals surface area contributed by atoms with Crippen molar-refractivity contribution < 1.29 is 14.3 Å². The molecule has 0 aromatic heterocycles. The number of hydrogen-bond donors (Lipinski definition) is 3. The van der Waals surface area contributed by atoms with Gasteiger partial charge in [-0.15, -0.1) is 0 Å². The van der Waals surface area contributed by atoms with Gasteiger partial charge in [0.25, 0.3) is 5.91 Å². The van der Waals surface area contributed by atoms with Crippen molar-refractivity contribution in [3.63, 3.8) is 0 Å². The summed E-state index contributed by atoms with van der Waals surface area (Å²) in [5.74, 6) is 1.49. The smallest absolute Gasteiger partial charge is 0.322 e. The number of amides is 3. The zero-order valence-electron chi connectivity index (χ0n) is 21.7. The lowest BCUT2D eigenvalue weighted by molar-refractivity contribution is -0.125. The maximum Gasteiger partial charge on any atom is 0.322 e. The van der Waals surface area contributed by atoms with E-state index in [0.29, 0.717) is 6.54 Å². The predicted octanol–water partition coefficient (Wildman–Crippen LogP) is 4.60. The molecular formula is C28H33BrClN5O3. The van der Waals surface area contributed by atoms with E-state index in [2.05, 4.69) is 42.8 Å². The molecule has 38 heavy (non-hydrogen) atoms. The van der Waals surface area contributed by atoms with Crippen LogP contribution >= 0.6 is 27.5 Å². The van der Waals surface area contributed by atoms with E-state index < -0.39 is 11.6 Å². The van der Waals surface area contributed by atoms with Crippen LogP contribution in [0.2, 0.25) is 5.02 Å². The largest absolute Gasteiger partial charge is 0.497 e. The van der Waals surface area contributed by atoms with Crippen LogP contribution in [-0.2, 0) is 16.8 Å². The lowest BCUT2D eigenvalue weighted by Crippen LogP contribution is -2.55. The average molecular weight is 603 g/mol. The molecular weight excluding hydrogens is 570 g/mol. The molecule has 10 heteroatoms. The Kier molecular flexibility index (Phi) is 7.60. The molecule has 1 unspecified atom stereocenters. The number of benzene rings is 2. The molecule has 2 aromatic rings. The number of guanidine groups is 1. The first-order chi connectivity index (χ1) is 18.2. The number of halogens is 2. The maximum absolute atomic E-state index is 12.5. The van der Waals surface area contributed by atoms with E-state index >= 15 is 0 Å². The van der Waals surface area contributed by atoms with Crippen molar-refractivity contribution in [2.45, 2.75) is 50.1 Å². The summed E-state index contributed by atoms with van der Waals surface area (Å²) in [5, 5.41) is 9.68. The van der Waals surface area contributed by atoms with Gasteiger partial charge in [-0.25, -0.2) is 9.79 Å². The summed E-state index contributed by atoms with van der Waals surface area (Å²) in [6.07, 6.45) is 3.69. The molecule has 2 aromatic carbocycles. The Labute approximate surface area is 236 Å². The molecule has 2 saturated heterocycles. The molecule has 0 radical (unpaired) electrons. The molecule has 202 valence electrons. The van der Waals surface area contributed by atoms with Crippen LogP contribution in [-0.4, -0.2) is 55.1 Å². The number of carbonyl (C=O) groups excluding carboxylic acids is 2. The van der Waals surface area contributed by atoms with Gasteiger partial charge in [-0.2, -0.15) is 0 Å². The summed E-state index contributed by atoms with van der Waals surface area (Å²) in [5.41, 5.74) is 1.39. The van der Waals surface area contributed by atoms with Crippen LogP contribution < -0.4 is 20.7 Å². The first kappa shape index (κ1) is 26.8. The fourth-order valence-electron chi connectivity index (χ4n) is 5.54. The SMILES string of the molecule is COc1ccc(CN=C(NCC2(c3ccc(Br)cc3Cl)CC2)N2CCC(C3(C)NC(=O)NC3=O)CC2)cc1. The van der Waals surface area contributed by atoms with Crippen molar-refractivity contribution in [1.29, 1.82) is 0 Å². The van der Waals surface area contributed by atoms with Gasteiger partial charge in [0.05, 0.1) is 13.7 Å². The number of aliphatic imine (C=N–C) groups is 1. The summed E-state index contributed by atoms with van der Waals surface area (Å²) in [7, 11) is 1.66. The molecule has 2 heterocycles. The van der Waals surface area contributed by atoms with Crippen molar-refractivity contribution >= 4 is 45.4 Å². The molecule has 0 bridgehead atoms. The van der Waals surface area contributed by atoms with Crippen LogP contribution in [0.3, 0.4) is 0 Å². The van der Waals surface area contributed by atoms with Crippen LogP contribution in [0, 0.1) is 5.92 Å². The molecule has 3 amide bonds. The second-order valence-corrected chi connectivity index (χ2v) is 11.9. The molecule has 3 N–H and O–H groups in total. The lowest BCUT2D eigenvalue weighted by Gasteiger charge is -2.40. The first-order valence-electron chi connectivity index (χ1n) is 13.0. The minimum Gasteiger partial charge on any atom is -0.497 e. The topological polar surface area (TPSA) is 95.1 Å². The van der Waals surface area contributed by atoms with Gasteiger partial charge in [0.15, 0.2) is 5.96 Å². The molecule has 5 rings (SSSR count). The highest BCUT2D eigenvalue weighted by atomic mass is 79.9. The van der Waals surface area contributed by atoms with E-state index in [-0.39, 0.29) is 17.2 Å². The number of carbonyl (C=O) groups is 2. The Bertz CT molecular complexity index is 1240. The first-order valence-corrected chi connectivity index (χ1v) is 14.1. The van der Waals surface area contributed by atoms with Crippen LogP contribution in [0.1, 0.15) is 43.7 Å². The average Bonchev–Trinajstić information content (AvgIpc) is 3.64. The van der Waals surface area contributed by atoms with E-state index in [1.165, 1.54) is 5.56 Å². The van der Waals surface area contributed by atoms with Gasteiger partial charge < -0.3 is 20.3 Å². The minimum atomic E-state index is -0.868. The normalized spacial score (nSPS) is 23.2. The molecule has 3 fully saturated rings. The quantitative estimate of drug-likeness (QED) is 0.245. The van der Waals surface area contributed by atoms with Gasteiger partial charge in [-0.1, -0.05) is 45.7 Å². The van der Waals surface area contributed by atoms with E-state index in [4.69, 9.17) is 21.3 Å². The molecule has 3 aliphatic rings. The maximum atomic E-state index is 12.5. The number of methoxy groups -OCH3 is 1. The molecule has 1 aliphatic carbocycles. The number of likely N-dealkylation sites (tertiary alicyclic amines) is 1. The second-order valence-electron chi connectivity index (χ2n) is 10.6. The number of piperidine rings is 1. The molecule has 1 atom stereocenters. The standard InChI is InChI=1S/C28H33BrClN5O3/c1-27(24(36)33-26(37)34-27)19-9-13-35(14-10-19)25(31-16-18-3-6-21(38-2)7-4-18)32-17-28(11-12-28)22-8-5-20(29)15-23(22)30/h3-8,15,19H,9-14,16-17H2,1-2H3,(H,31,32)(H2,33,34,36,37). The number of imide groups is 1. The third-order valence-corrected chi connectivity index (χ3v) is 9.00. The fraction of sp³-hybridized carbons (Fsp3) is 0.464. The van der Waals surface area contributed by atoms with E-state index in [1.54, 1.807) is 7.11 Å². The number of ether oxygens (including phenoxy) is 1. The van der Waals surface area contributed by atoms with E-state index in [0.717, 1.165) is 72.1 Å². The minimum absolute atomic E-state index is 0.00329. The van der Waals surface area contributed by atoms with Crippen molar-refractivity contribution in [2.75, 3.05) is 26.7 Å². The van der Waals surface area contributed by atoms with Crippen molar-refractivity contribution in [3.05, 3.63) is 63.1 Å². The van der Waals surface area contributed by atoms with Crippen LogP contribution in [0.25, 0.3) is 0 Å². The summed E-state index contributed by atoms with van der Waals surface area (Å²) in [6.45, 7) is 4.58. The third-order valence-electron chi connectivity index (χ3n) is 8.19. The van der Waals surface area contributed by atoms with Crippen molar-refractivity contribution in [1.82, 2.24) is 20.9 Å². The van der Waals surface area contributed by atoms with Gasteiger partial charge in [0.2, 0.25) is 0 Å². The van der Waals surface area contributed by atoms with Crippen LogP contribution in [0.4, 0.5) is 4.79 Å². The van der Waals surface area contributed by atoms with E-state index in [1.807, 2.05) is 43.3 Å². The number of hydrogen-bond acceptors (Lipinski definition) is 4. The van der Waals surface area contributed by atoms with E-state index in [9.17, 15) is 9.59 Å². The Hall–Kier alpha value is -2.78. The van der Waals surface area contributed by atoms with Gasteiger partial charge in [-0.3, -0.25) is 10.1 Å². The number of urea groups is 1. The Morgan fingerprint density at radius 1 is 1.18 bits per heavy atom. The van der Waals surface area contributed by atoms with Gasteiger partial charge in [0.1, 0.15) is 11.3 Å². The van der Waals surface area contributed by atoms with Crippen molar-refractivity contribution in [3.8, 4) is 5.75 Å². The molecule has 8 nitrogen and oxygen atoms in total. The van der Waals surface area contributed by atoms with Gasteiger partial charge >= 0.3 is 6.03 Å². The molecule has 0 spiro atoms. The van der Waals surface area contributed by atoms with Gasteiger partial charge in [-0.05, 0) is 73.9 Å². The zero-order valence-corrected chi connectivity index (χ0v) is 24.0. The summed E-state index contributed by atoms with van der Waals surface area (Å²) in [6, 6.07) is 13.6. The number of nitrogens with one attached hydrogen (secondary N) is 3. The Morgan fingerprint density at radius 2 is 1.89 bits per heavy atom. The highest BCUT2D eigenvalue weighted by molar-refractivity contribution is 9.10. The lowest BCUT2D eigenvalue weighted by atomic mass is 9.79. The summed E-state index contributed by atoms with van der Waals surface area (Å²) in [4.78, 5) is 31.5. The molecule has 1 saturated carbocycles. The predicted molar refractivity (Wildman–Crippen MR) is 152 cm³/mol. The van der Waals surface area contributed by atoms with Crippen LogP contribution in [0.5, 0.6) is 5.75 Å².